The van der Waals surface area contributed by atoms with Crippen LogP contribution in [0.15, 0.2) is 225 Å². The SMILES string of the molecule is N#Cc1c(-n2c3cccc4c5ccccc5c5ccnc2c5c43)c(-c2ccccc2)c(-n2c3cccc4c5ccncc5c5cccc2c5c43)c(-c2ccccc2)c1-n1c2cccc3c4ccccc4c4ccnc1c4c32. The van der Waals surface area contributed by atoms with Gasteiger partial charge in [-0.25, -0.2) is 9.97 Å². The predicted octanol–water partition coefficient (Wildman–Crippen LogP) is 17.6. The molecule has 0 saturated carbocycles. The van der Waals surface area contributed by atoms with Crippen LogP contribution < -0.4 is 0 Å². The van der Waals surface area contributed by atoms with Crippen molar-refractivity contribution in [3.63, 3.8) is 0 Å². The Labute approximate surface area is 438 Å². The van der Waals surface area contributed by atoms with Gasteiger partial charge in [-0.3, -0.25) is 14.1 Å². The van der Waals surface area contributed by atoms with Crippen molar-refractivity contribution in [1.82, 2.24) is 28.7 Å². The standard InChI is InChI=1S/C70H37N7/c71-37-52-66(76-56-29-12-23-46-41-19-7-9-21-43(41)50-32-35-73-69(76)64(50)62(46)56)58(39-15-3-1-4-16-39)68(75-54-27-11-25-48-45-31-34-72-38-53(45)49-26-14-28-55(75)61(49)60(48)54)59(40-17-5-2-6-18-40)67(52)77-57-30-13-24-47-42-20-8-10-22-44(42)51-33-36-74-70(77)65(51)63(47)57/h1-36,38H. The highest BCUT2D eigenvalue weighted by Gasteiger charge is 2.35. The molecule has 6 aromatic heterocycles. The van der Waals surface area contributed by atoms with Crippen LogP contribution in [0.4, 0.5) is 0 Å². The van der Waals surface area contributed by atoms with E-state index in [4.69, 9.17) is 15.0 Å². The molecule has 0 fully saturated rings. The van der Waals surface area contributed by atoms with Crippen LogP contribution in [0.5, 0.6) is 0 Å². The fraction of sp³-hybridized carbons (Fsp3) is 0. The largest absolute Gasteiger partial charge is 0.308 e. The predicted molar refractivity (Wildman–Crippen MR) is 317 cm³/mol. The molecule has 0 radical (unpaired) electrons. The van der Waals surface area contributed by atoms with Gasteiger partial charge in [0.05, 0.1) is 39.1 Å². The Bertz CT molecular complexity index is 5070. The molecule has 352 valence electrons. The van der Waals surface area contributed by atoms with Crippen LogP contribution in [0.1, 0.15) is 5.56 Å². The summed E-state index contributed by atoms with van der Waals surface area (Å²) in [5.41, 5.74) is 12.2. The molecule has 0 bridgehead atoms. The number of rotatable bonds is 5. The second-order valence-electron chi connectivity index (χ2n) is 20.4. The lowest BCUT2D eigenvalue weighted by Gasteiger charge is -2.28. The van der Waals surface area contributed by atoms with Crippen molar-refractivity contribution in [3.05, 3.63) is 231 Å². The Kier molecular flexibility index (Phi) is 7.81. The van der Waals surface area contributed by atoms with Crippen molar-refractivity contribution in [1.29, 1.82) is 5.26 Å². The number of fused-ring (bicyclic) bond motifs is 9. The Balaban J connectivity index is 1.17. The summed E-state index contributed by atoms with van der Waals surface area (Å²) in [5, 5.41) is 33.2. The molecule has 12 aromatic carbocycles. The normalized spacial score (nSPS) is 12.4. The van der Waals surface area contributed by atoms with Gasteiger partial charge in [-0.05, 0) is 113 Å². The average molecular weight is 976 g/mol. The first-order chi connectivity index (χ1) is 38.3. The zero-order chi connectivity index (χ0) is 50.2. The van der Waals surface area contributed by atoms with E-state index >= 15 is 0 Å². The minimum absolute atomic E-state index is 0.498. The fourth-order valence-corrected chi connectivity index (χ4v) is 14.1. The summed E-state index contributed by atoms with van der Waals surface area (Å²) in [6, 6.07) is 74.9. The van der Waals surface area contributed by atoms with Crippen LogP contribution in [-0.4, -0.2) is 28.7 Å². The Hall–Kier alpha value is -10.7. The molecular formula is C70H37N7. The highest BCUT2D eigenvalue weighted by atomic mass is 15.1. The van der Waals surface area contributed by atoms with Crippen LogP contribution in [0, 0.1) is 11.3 Å². The van der Waals surface area contributed by atoms with Gasteiger partial charge in [0.1, 0.15) is 22.9 Å². The van der Waals surface area contributed by atoms with Gasteiger partial charge in [0, 0.05) is 73.6 Å². The van der Waals surface area contributed by atoms with E-state index in [1.165, 1.54) is 16.2 Å². The van der Waals surface area contributed by atoms with Gasteiger partial charge in [0.25, 0.3) is 0 Å². The highest BCUT2D eigenvalue weighted by Crippen LogP contribution is 2.55. The fourth-order valence-electron chi connectivity index (χ4n) is 14.1. The lowest BCUT2D eigenvalue weighted by Crippen LogP contribution is -2.14. The Morgan fingerprint density at radius 2 is 0.649 bits per heavy atom. The van der Waals surface area contributed by atoms with Crippen molar-refractivity contribution in [2.45, 2.75) is 0 Å². The first-order valence-electron chi connectivity index (χ1n) is 26.1. The molecule has 77 heavy (non-hydrogen) atoms. The molecule has 0 atom stereocenters. The number of hydrogen-bond donors (Lipinski definition) is 0. The summed E-state index contributed by atoms with van der Waals surface area (Å²) in [6.07, 6.45) is 7.79. The second kappa shape index (κ2) is 14.8. The maximum atomic E-state index is 12.8. The molecule has 0 aliphatic rings. The number of nitrogens with zero attached hydrogens (tertiary/aromatic N) is 7. The molecule has 0 saturated heterocycles. The molecular weight excluding hydrogens is 939 g/mol. The van der Waals surface area contributed by atoms with E-state index in [0.29, 0.717) is 5.56 Å². The maximum Gasteiger partial charge on any atom is 0.146 e. The highest BCUT2D eigenvalue weighted by molar-refractivity contribution is 6.37. The van der Waals surface area contributed by atoms with E-state index in [2.05, 4.69) is 220 Å². The minimum atomic E-state index is 0.498. The molecule has 0 unspecified atom stereocenters. The molecule has 18 aromatic rings. The molecule has 0 N–H and O–H groups in total. The quantitative estimate of drug-likeness (QED) is 0.161. The van der Waals surface area contributed by atoms with Gasteiger partial charge >= 0.3 is 0 Å². The van der Waals surface area contributed by atoms with Crippen molar-refractivity contribution in [2.24, 2.45) is 0 Å². The minimum Gasteiger partial charge on any atom is -0.308 e. The topological polar surface area (TPSA) is 77.2 Å². The van der Waals surface area contributed by atoms with E-state index in [-0.39, 0.29) is 0 Å². The van der Waals surface area contributed by atoms with Crippen molar-refractivity contribution >= 4 is 130 Å². The Morgan fingerprint density at radius 1 is 0.299 bits per heavy atom. The van der Waals surface area contributed by atoms with Crippen molar-refractivity contribution in [2.75, 3.05) is 0 Å². The van der Waals surface area contributed by atoms with Crippen molar-refractivity contribution in [3.8, 4) is 45.4 Å². The summed E-state index contributed by atoms with van der Waals surface area (Å²) in [6.45, 7) is 0. The number of pyridine rings is 3. The average Bonchev–Trinajstić information content (AvgIpc) is 4.32. The second-order valence-corrected chi connectivity index (χ2v) is 20.4. The molecule has 7 nitrogen and oxygen atoms in total. The van der Waals surface area contributed by atoms with Gasteiger partial charge in [-0.15, -0.1) is 0 Å². The van der Waals surface area contributed by atoms with Gasteiger partial charge in [0.15, 0.2) is 0 Å². The lowest BCUT2D eigenvalue weighted by atomic mass is 9.88. The van der Waals surface area contributed by atoms with Crippen LogP contribution in [-0.2, 0) is 0 Å². The summed E-state index contributed by atoms with van der Waals surface area (Å²) >= 11 is 0. The number of hydrogen-bond acceptors (Lipinski definition) is 4. The van der Waals surface area contributed by atoms with Crippen LogP contribution in [0.3, 0.4) is 0 Å². The molecule has 0 amide bonds. The van der Waals surface area contributed by atoms with Gasteiger partial charge in [-0.2, -0.15) is 5.26 Å². The third-order valence-electron chi connectivity index (χ3n) is 16.9. The lowest BCUT2D eigenvalue weighted by molar-refractivity contribution is 1.07. The first kappa shape index (κ1) is 40.8. The molecule has 0 aliphatic heterocycles. The van der Waals surface area contributed by atoms with E-state index in [9.17, 15) is 5.26 Å². The van der Waals surface area contributed by atoms with Gasteiger partial charge in [-0.1, -0.05) is 158 Å². The third kappa shape index (κ3) is 5.02. The summed E-state index contributed by atoms with van der Waals surface area (Å²) in [7, 11) is 0. The molecule has 6 heterocycles. The summed E-state index contributed by atoms with van der Waals surface area (Å²) < 4.78 is 7.15. The molecule has 0 spiro atoms. The van der Waals surface area contributed by atoms with E-state index < -0.39 is 0 Å². The zero-order valence-electron chi connectivity index (χ0n) is 41.0. The third-order valence-corrected chi connectivity index (χ3v) is 16.9. The van der Waals surface area contributed by atoms with Crippen LogP contribution in [0.2, 0.25) is 0 Å². The summed E-state index contributed by atoms with van der Waals surface area (Å²) in [5.74, 6) is 0. The van der Waals surface area contributed by atoms with Gasteiger partial charge in [0.2, 0.25) is 0 Å². The zero-order valence-corrected chi connectivity index (χ0v) is 41.0. The number of nitriles is 1. The summed E-state index contributed by atoms with van der Waals surface area (Å²) in [4.78, 5) is 15.5. The molecule has 7 heteroatoms. The van der Waals surface area contributed by atoms with Crippen LogP contribution in [0.25, 0.3) is 170 Å². The van der Waals surface area contributed by atoms with Crippen molar-refractivity contribution < 1.29 is 0 Å². The monoisotopic (exact) mass is 975 g/mol. The molecule has 0 aliphatic carbocycles. The van der Waals surface area contributed by atoms with E-state index in [1.807, 2.05) is 24.8 Å². The van der Waals surface area contributed by atoms with Gasteiger partial charge < -0.3 is 4.57 Å². The van der Waals surface area contributed by atoms with Crippen LogP contribution >= 0.6 is 0 Å². The number of aromatic nitrogens is 6. The first-order valence-corrected chi connectivity index (χ1v) is 26.1. The van der Waals surface area contributed by atoms with E-state index in [0.717, 1.165) is 153 Å². The van der Waals surface area contributed by atoms with E-state index in [1.54, 1.807) is 0 Å². The smallest absolute Gasteiger partial charge is 0.146 e. The Morgan fingerprint density at radius 3 is 1.09 bits per heavy atom. The molecule has 18 rings (SSSR count). The maximum absolute atomic E-state index is 12.8. The number of benzene rings is 12.